The van der Waals surface area contributed by atoms with Crippen molar-refractivity contribution >= 4 is 52.3 Å². The number of halogens is 4. The Morgan fingerprint density at radius 2 is 1.53 bits per heavy atom. The fourth-order valence-electron chi connectivity index (χ4n) is 3.48. The molecule has 0 bridgehead atoms. The third kappa shape index (κ3) is 10.1. The lowest BCUT2D eigenvalue weighted by atomic mass is 10.1. The Balaban J connectivity index is 0.00000114. The fourth-order valence-corrected chi connectivity index (χ4v) is 3.73. The number of nitrogens with zero attached hydrogens (tertiary/aromatic N) is 1. The summed E-state index contributed by atoms with van der Waals surface area (Å²) >= 11 is 21.3. The third-order valence-corrected chi connectivity index (χ3v) is 5.53. The van der Waals surface area contributed by atoms with Gasteiger partial charge in [0.15, 0.2) is 6.61 Å². The highest BCUT2D eigenvalue weighted by Gasteiger charge is 2.28. The van der Waals surface area contributed by atoms with Gasteiger partial charge in [0, 0.05) is 35.7 Å². The maximum Gasteiger partial charge on any atom is 0.257 e. The average Bonchev–Trinajstić information content (AvgIpc) is 3.13. The number of rotatable bonds is 9. The second-order valence-corrected chi connectivity index (χ2v) is 9.08. The van der Waals surface area contributed by atoms with Gasteiger partial charge in [0.1, 0.15) is 18.1 Å². The Hall–Kier alpha value is -1.37. The summed E-state index contributed by atoms with van der Waals surface area (Å²) in [7, 11) is 0. The quantitative estimate of drug-likeness (QED) is 0.430. The van der Waals surface area contributed by atoms with E-state index in [9.17, 15) is 4.79 Å². The standard InChI is InChI=1S/C22H26Cl2N2O3.CH2Cl2/c1-16-12-17(13-25-22(27)15-29-21-8-4-19(24)5-9-21)14-26(16)10-11-28-20-6-2-18(23)3-7-20;2-1-3/h2-9,16-17H,10-15H2,1H3,(H,25,27);1H2. The van der Waals surface area contributed by atoms with E-state index < -0.39 is 0 Å². The lowest BCUT2D eigenvalue weighted by Crippen LogP contribution is -2.35. The number of alkyl halides is 2. The largest absolute Gasteiger partial charge is 0.492 e. The van der Waals surface area contributed by atoms with Crippen molar-refractivity contribution in [3.8, 4) is 11.5 Å². The topological polar surface area (TPSA) is 50.8 Å². The maximum absolute atomic E-state index is 12.1. The van der Waals surface area contributed by atoms with Gasteiger partial charge in [0.25, 0.3) is 5.91 Å². The number of carbonyl (C=O) groups excluding carboxylic acids is 1. The zero-order valence-corrected chi connectivity index (χ0v) is 20.9. The molecule has 0 aliphatic carbocycles. The second kappa shape index (κ2) is 14.7. The summed E-state index contributed by atoms with van der Waals surface area (Å²) in [5.41, 5.74) is 0. The first kappa shape index (κ1) is 26.9. The molecule has 1 fully saturated rings. The molecule has 0 saturated carbocycles. The molecule has 1 aliphatic rings. The molecule has 1 N–H and O–H groups in total. The Labute approximate surface area is 209 Å². The smallest absolute Gasteiger partial charge is 0.257 e. The molecule has 1 heterocycles. The molecule has 3 rings (SSSR count). The molecule has 9 heteroatoms. The minimum atomic E-state index is -0.114. The van der Waals surface area contributed by atoms with Crippen LogP contribution in [0.3, 0.4) is 0 Å². The highest BCUT2D eigenvalue weighted by Crippen LogP contribution is 2.22. The molecular weight excluding hydrogens is 494 g/mol. The number of hydrogen-bond donors (Lipinski definition) is 1. The highest BCUT2D eigenvalue weighted by molar-refractivity contribution is 6.40. The van der Waals surface area contributed by atoms with Crippen molar-refractivity contribution in [1.29, 1.82) is 0 Å². The first-order valence-corrected chi connectivity index (χ1v) is 12.1. The van der Waals surface area contributed by atoms with Gasteiger partial charge in [-0.2, -0.15) is 0 Å². The first-order valence-electron chi connectivity index (χ1n) is 10.3. The summed E-state index contributed by atoms with van der Waals surface area (Å²) in [5.74, 6) is 1.77. The lowest BCUT2D eigenvalue weighted by molar-refractivity contribution is -0.123. The van der Waals surface area contributed by atoms with Gasteiger partial charge < -0.3 is 14.8 Å². The van der Waals surface area contributed by atoms with Crippen molar-refractivity contribution in [3.63, 3.8) is 0 Å². The molecule has 5 nitrogen and oxygen atoms in total. The van der Waals surface area contributed by atoms with Crippen LogP contribution < -0.4 is 14.8 Å². The Kier molecular flexibility index (Phi) is 12.4. The van der Waals surface area contributed by atoms with Crippen molar-refractivity contribution in [3.05, 3.63) is 58.6 Å². The zero-order valence-electron chi connectivity index (χ0n) is 17.9. The van der Waals surface area contributed by atoms with E-state index in [0.717, 1.165) is 25.3 Å². The summed E-state index contributed by atoms with van der Waals surface area (Å²) in [4.78, 5) is 14.5. The van der Waals surface area contributed by atoms with Crippen molar-refractivity contribution in [1.82, 2.24) is 10.2 Å². The molecule has 1 aliphatic heterocycles. The molecule has 32 heavy (non-hydrogen) atoms. The predicted octanol–water partition coefficient (Wildman–Crippen LogP) is 5.70. The van der Waals surface area contributed by atoms with E-state index in [1.165, 1.54) is 0 Å². The monoisotopic (exact) mass is 520 g/mol. The second-order valence-electron chi connectivity index (χ2n) is 7.40. The zero-order chi connectivity index (χ0) is 23.3. The Bertz CT molecular complexity index is 806. The summed E-state index contributed by atoms with van der Waals surface area (Å²) in [6, 6.07) is 14.8. The van der Waals surface area contributed by atoms with E-state index in [2.05, 4.69) is 17.1 Å². The van der Waals surface area contributed by atoms with Gasteiger partial charge in [-0.05, 0) is 67.8 Å². The number of carbonyl (C=O) groups is 1. The number of hydrogen-bond acceptors (Lipinski definition) is 4. The number of ether oxygens (including phenoxy) is 2. The molecule has 1 saturated heterocycles. The van der Waals surface area contributed by atoms with Crippen LogP contribution in [0.15, 0.2) is 48.5 Å². The molecule has 176 valence electrons. The number of nitrogens with one attached hydrogen (secondary N) is 1. The summed E-state index contributed by atoms with van der Waals surface area (Å²) in [6.07, 6.45) is 1.05. The van der Waals surface area contributed by atoms with Gasteiger partial charge in [-0.3, -0.25) is 9.69 Å². The molecular formula is C23H28Cl4N2O3. The van der Waals surface area contributed by atoms with Crippen molar-refractivity contribution in [2.45, 2.75) is 19.4 Å². The normalized spacial score (nSPS) is 17.9. The number of amides is 1. The minimum Gasteiger partial charge on any atom is -0.492 e. The molecule has 2 aromatic carbocycles. The summed E-state index contributed by atoms with van der Waals surface area (Å²) in [6.45, 7) is 5.30. The van der Waals surface area contributed by atoms with Gasteiger partial charge >= 0.3 is 0 Å². The Morgan fingerprint density at radius 1 is 1.00 bits per heavy atom. The van der Waals surface area contributed by atoms with Crippen LogP contribution in [0.1, 0.15) is 13.3 Å². The first-order chi connectivity index (χ1) is 15.4. The van der Waals surface area contributed by atoms with Gasteiger partial charge in [0.05, 0.1) is 5.34 Å². The van der Waals surface area contributed by atoms with E-state index in [4.69, 9.17) is 55.9 Å². The molecule has 1 amide bonds. The summed E-state index contributed by atoms with van der Waals surface area (Å²) < 4.78 is 11.3. The van der Waals surface area contributed by atoms with Crippen molar-refractivity contribution in [2.75, 3.05) is 38.2 Å². The lowest BCUT2D eigenvalue weighted by Gasteiger charge is -2.21. The molecule has 2 aromatic rings. The van der Waals surface area contributed by atoms with Crippen LogP contribution in [-0.4, -0.2) is 55.0 Å². The van der Waals surface area contributed by atoms with Crippen LogP contribution in [0.4, 0.5) is 0 Å². The maximum atomic E-state index is 12.1. The van der Waals surface area contributed by atoms with Crippen LogP contribution in [0.5, 0.6) is 11.5 Å². The average molecular weight is 522 g/mol. The van der Waals surface area contributed by atoms with Crippen LogP contribution >= 0.6 is 46.4 Å². The number of likely N-dealkylation sites (tertiary alicyclic amines) is 1. The van der Waals surface area contributed by atoms with Crippen molar-refractivity contribution < 1.29 is 14.3 Å². The van der Waals surface area contributed by atoms with Gasteiger partial charge in [0.2, 0.25) is 0 Å². The third-order valence-electron chi connectivity index (χ3n) is 5.02. The predicted molar refractivity (Wildman–Crippen MR) is 133 cm³/mol. The van der Waals surface area contributed by atoms with E-state index in [-0.39, 0.29) is 17.9 Å². The van der Waals surface area contributed by atoms with Gasteiger partial charge in [-0.1, -0.05) is 23.2 Å². The van der Waals surface area contributed by atoms with E-state index in [1.54, 1.807) is 24.3 Å². The fraction of sp³-hybridized carbons (Fsp3) is 0.435. The SMILES string of the molecule is CC1CC(CNC(=O)COc2ccc(Cl)cc2)CN1CCOc1ccc(Cl)cc1.ClCCl. The Morgan fingerprint density at radius 3 is 2.09 bits per heavy atom. The number of benzene rings is 2. The van der Waals surface area contributed by atoms with Crippen LogP contribution in [-0.2, 0) is 4.79 Å². The van der Waals surface area contributed by atoms with E-state index in [0.29, 0.717) is 40.9 Å². The minimum absolute atomic E-state index is 0.00253. The van der Waals surface area contributed by atoms with Crippen LogP contribution in [0.25, 0.3) is 0 Å². The molecule has 0 radical (unpaired) electrons. The molecule has 0 spiro atoms. The summed E-state index contributed by atoms with van der Waals surface area (Å²) in [5, 5.41) is 4.51. The van der Waals surface area contributed by atoms with E-state index >= 15 is 0 Å². The van der Waals surface area contributed by atoms with E-state index in [1.807, 2.05) is 24.3 Å². The van der Waals surface area contributed by atoms with Crippen LogP contribution in [0, 0.1) is 5.92 Å². The molecule has 2 atom stereocenters. The van der Waals surface area contributed by atoms with Crippen LogP contribution in [0.2, 0.25) is 10.0 Å². The highest BCUT2D eigenvalue weighted by atomic mass is 35.5. The molecule has 2 unspecified atom stereocenters. The van der Waals surface area contributed by atoms with Gasteiger partial charge in [-0.25, -0.2) is 0 Å². The van der Waals surface area contributed by atoms with Gasteiger partial charge in [-0.15, -0.1) is 23.2 Å². The van der Waals surface area contributed by atoms with Crippen molar-refractivity contribution in [2.24, 2.45) is 5.92 Å². The molecule has 0 aromatic heterocycles.